The molecule has 21 heavy (non-hydrogen) atoms. The van der Waals surface area contributed by atoms with Crippen molar-refractivity contribution < 1.29 is 0 Å². The highest BCUT2D eigenvalue weighted by Crippen LogP contribution is 2.62. The van der Waals surface area contributed by atoms with E-state index < -0.39 is 0 Å². The monoisotopic (exact) mass is 288 g/mol. The summed E-state index contributed by atoms with van der Waals surface area (Å²) in [6.07, 6.45) is 14.1. The molecule has 0 nitrogen and oxygen atoms in total. The Morgan fingerprint density at radius 1 is 1.14 bits per heavy atom. The first-order valence-electron chi connectivity index (χ1n) is 9.58. The van der Waals surface area contributed by atoms with Crippen LogP contribution >= 0.6 is 0 Å². The molecule has 0 heteroatoms. The maximum atomic E-state index is 2.70. The van der Waals surface area contributed by atoms with Crippen LogP contribution in [0.4, 0.5) is 0 Å². The van der Waals surface area contributed by atoms with Crippen LogP contribution in [-0.4, -0.2) is 0 Å². The van der Waals surface area contributed by atoms with Gasteiger partial charge in [0.2, 0.25) is 0 Å². The fourth-order valence-corrected chi connectivity index (χ4v) is 6.26. The van der Waals surface area contributed by atoms with Gasteiger partial charge in [-0.1, -0.05) is 52.7 Å². The van der Waals surface area contributed by atoms with Crippen LogP contribution in [0.2, 0.25) is 0 Å². The topological polar surface area (TPSA) is 0 Å². The Bertz CT molecular complexity index is 416. The van der Waals surface area contributed by atoms with Gasteiger partial charge in [0.05, 0.1) is 0 Å². The predicted octanol–water partition coefficient (Wildman–Crippen LogP) is 6.61. The lowest BCUT2D eigenvalue weighted by Gasteiger charge is -2.58. The van der Waals surface area contributed by atoms with Crippen LogP contribution in [0.15, 0.2) is 11.6 Å². The minimum Gasteiger partial charge on any atom is -0.0845 e. The Morgan fingerprint density at radius 3 is 2.62 bits per heavy atom. The van der Waals surface area contributed by atoms with Gasteiger partial charge in [-0.2, -0.15) is 0 Å². The predicted molar refractivity (Wildman–Crippen MR) is 92.2 cm³/mol. The molecule has 2 saturated carbocycles. The molecule has 5 atom stereocenters. The minimum absolute atomic E-state index is 0.553. The smallest absolute Gasteiger partial charge is 0.00851 e. The van der Waals surface area contributed by atoms with E-state index in [0.29, 0.717) is 10.8 Å². The lowest BCUT2D eigenvalue weighted by Crippen LogP contribution is -2.49. The Labute approximate surface area is 132 Å². The van der Waals surface area contributed by atoms with Gasteiger partial charge in [0.15, 0.2) is 0 Å². The lowest BCUT2D eigenvalue weighted by molar-refractivity contribution is -0.0398. The van der Waals surface area contributed by atoms with Crippen molar-refractivity contribution in [2.75, 3.05) is 0 Å². The lowest BCUT2D eigenvalue weighted by atomic mass is 9.47. The molecule has 0 bridgehead atoms. The molecule has 0 aromatic carbocycles. The van der Waals surface area contributed by atoms with Gasteiger partial charge in [0.1, 0.15) is 0 Å². The van der Waals surface area contributed by atoms with Gasteiger partial charge in [-0.3, -0.25) is 0 Å². The zero-order chi connectivity index (χ0) is 15.3. The van der Waals surface area contributed by atoms with E-state index in [2.05, 4.69) is 40.7 Å². The first-order valence-corrected chi connectivity index (χ1v) is 9.58. The Balaban J connectivity index is 1.91. The molecular formula is C21H36. The van der Waals surface area contributed by atoms with Crippen molar-refractivity contribution in [3.8, 4) is 0 Å². The van der Waals surface area contributed by atoms with Crippen LogP contribution in [0.5, 0.6) is 0 Å². The van der Waals surface area contributed by atoms with E-state index in [1.54, 1.807) is 0 Å². The van der Waals surface area contributed by atoms with Gasteiger partial charge in [-0.25, -0.2) is 0 Å². The third-order valence-corrected chi connectivity index (χ3v) is 7.65. The van der Waals surface area contributed by atoms with Crippen molar-refractivity contribution in [1.82, 2.24) is 0 Å². The second kappa shape index (κ2) is 5.43. The molecule has 3 rings (SSSR count). The van der Waals surface area contributed by atoms with Crippen LogP contribution in [0.25, 0.3) is 0 Å². The van der Waals surface area contributed by atoms with E-state index in [0.717, 1.165) is 23.7 Å². The first kappa shape index (κ1) is 15.6. The molecule has 0 amide bonds. The quantitative estimate of drug-likeness (QED) is 0.501. The molecule has 0 N–H and O–H groups in total. The number of hydrogen-bond donors (Lipinski definition) is 0. The average molecular weight is 289 g/mol. The summed E-state index contributed by atoms with van der Waals surface area (Å²) in [7, 11) is 0. The summed E-state index contributed by atoms with van der Waals surface area (Å²) in [5.41, 5.74) is 2.97. The fourth-order valence-electron chi connectivity index (χ4n) is 6.26. The summed E-state index contributed by atoms with van der Waals surface area (Å²) < 4.78 is 0. The van der Waals surface area contributed by atoms with E-state index >= 15 is 0 Å². The molecule has 0 aromatic heterocycles. The highest BCUT2D eigenvalue weighted by atomic mass is 14.6. The second-order valence-corrected chi connectivity index (χ2v) is 9.42. The summed E-state index contributed by atoms with van der Waals surface area (Å²) in [4.78, 5) is 0. The largest absolute Gasteiger partial charge is 0.0845 e. The molecule has 0 spiro atoms. The number of allylic oxidation sites excluding steroid dienone is 2. The van der Waals surface area contributed by atoms with Crippen LogP contribution < -0.4 is 0 Å². The molecule has 0 aromatic rings. The maximum Gasteiger partial charge on any atom is -0.00851 e. The van der Waals surface area contributed by atoms with E-state index in [1.807, 2.05) is 5.57 Å². The van der Waals surface area contributed by atoms with Gasteiger partial charge in [0, 0.05) is 0 Å². The molecule has 3 aliphatic rings. The molecule has 5 unspecified atom stereocenters. The van der Waals surface area contributed by atoms with Gasteiger partial charge < -0.3 is 0 Å². The number of hydrogen-bond acceptors (Lipinski definition) is 0. The Kier molecular flexibility index (Phi) is 4.04. The summed E-state index contributed by atoms with van der Waals surface area (Å²) in [6.45, 7) is 12.6. The van der Waals surface area contributed by atoms with Crippen molar-refractivity contribution in [2.24, 2.45) is 34.5 Å². The third kappa shape index (κ3) is 2.51. The highest BCUT2D eigenvalue weighted by molar-refractivity contribution is 5.24. The summed E-state index contributed by atoms with van der Waals surface area (Å²) in [6, 6.07) is 0. The van der Waals surface area contributed by atoms with Crippen molar-refractivity contribution in [2.45, 2.75) is 86.0 Å². The molecule has 0 aliphatic heterocycles. The van der Waals surface area contributed by atoms with Gasteiger partial charge >= 0.3 is 0 Å². The van der Waals surface area contributed by atoms with E-state index in [4.69, 9.17) is 0 Å². The maximum absolute atomic E-state index is 2.70. The van der Waals surface area contributed by atoms with Crippen LogP contribution in [-0.2, 0) is 0 Å². The van der Waals surface area contributed by atoms with E-state index in [-0.39, 0.29) is 0 Å². The molecular weight excluding hydrogens is 252 g/mol. The van der Waals surface area contributed by atoms with Crippen molar-refractivity contribution >= 4 is 0 Å². The van der Waals surface area contributed by atoms with Crippen LogP contribution in [0, 0.1) is 34.5 Å². The molecule has 2 fully saturated rings. The summed E-state index contributed by atoms with van der Waals surface area (Å²) >= 11 is 0. The molecule has 120 valence electrons. The highest BCUT2D eigenvalue weighted by Gasteiger charge is 2.52. The standard InChI is InChI=1S/C21H36/c1-6-7-18-17-9-8-16-14-15(2)10-13-21(16,5)19(17)11-12-20(18,3)4/h8,15,17-19H,6-7,9-14H2,1-5H3. The first-order chi connectivity index (χ1) is 9.88. The zero-order valence-electron chi connectivity index (χ0n) is 15.0. The van der Waals surface area contributed by atoms with Gasteiger partial charge in [0.25, 0.3) is 0 Å². The normalized spacial score (nSPS) is 45.5. The SMILES string of the molecule is CCCC1C2CC=C3CC(C)CCC3(C)C2CCC1(C)C. The van der Waals surface area contributed by atoms with E-state index in [9.17, 15) is 0 Å². The van der Waals surface area contributed by atoms with Crippen LogP contribution in [0.1, 0.15) is 86.0 Å². The average Bonchev–Trinajstić information content (AvgIpc) is 2.42. The third-order valence-electron chi connectivity index (χ3n) is 7.65. The Hall–Kier alpha value is -0.260. The zero-order valence-corrected chi connectivity index (χ0v) is 15.0. The molecule has 0 heterocycles. The molecule has 0 saturated heterocycles. The molecule has 3 aliphatic carbocycles. The van der Waals surface area contributed by atoms with E-state index in [1.165, 1.54) is 51.4 Å². The van der Waals surface area contributed by atoms with Gasteiger partial charge in [-0.15, -0.1) is 0 Å². The molecule has 0 radical (unpaired) electrons. The Morgan fingerprint density at radius 2 is 1.90 bits per heavy atom. The summed E-state index contributed by atoms with van der Waals surface area (Å²) in [5.74, 6) is 3.83. The van der Waals surface area contributed by atoms with Crippen LogP contribution in [0.3, 0.4) is 0 Å². The van der Waals surface area contributed by atoms with Gasteiger partial charge in [-0.05, 0) is 79.4 Å². The fraction of sp³-hybridized carbons (Fsp3) is 0.905. The second-order valence-electron chi connectivity index (χ2n) is 9.42. The minimum atomic E-state index is 0.553. The van der Waals surface area contributed by atoms with Crippen molar-refractivity contribution in [1.29, 1.82) is 0 Å². The number of fused-ring (bicyclic) bond motifs is 3. The van der Waals surface area contributed by atoms with Crippen molar-refractivity contribution in [3.63, 3.8) is 0 Å². The van der Waals surface area contributed by atoms with Crippen molar-refractivity contribution in [3.05, 3.63) is 11.6 Å². The summed E-state index contributed by atoms with van der Waals surface area (Å²) in [5, 5.41) is 0. The number of rotatable bonds is 2.